The number of rotatable bonds is 5. The van der Waals surface area contributed by atoms with E-state index in [-0.39, 0.29) is 23.7 Å². The summed E-state index contributed by atoms with van der Waals surface area (Å²) in [4.78, 5) is 28.5. The second kappa shape index (κ2) is 9.20. The van der Waals surface area contributed by atoms with E-state index >= 15 is 0 Å². The van der Waals surface area contributed by atoms with Gasteiger partial charge in [0.1, 0.15) is 11.6 Å². The van der Waals surface area contributed by atoms with Crippen LogP contribution in [-0.2, 0) is 4.79 Å². The molecule has 0 spiro atoms. The fraction of sp³-hybridized carbons (Fsp3) is 0.333. The first-order chi connectivity index (χ1) is 15.0. The summed E-state index contributed by atoms with van der Waals surface area (Å²) in [5, 5.41) is 3.19. The minimum atomic E-state index is -0.326. The van der Waals surface area contributed by atoms with Crippen LogP contribution in [0.4, 0.5) is 15.9 Å². The number of amides is 1. The van der Waals surface area contributed by atoms with Gasteiger partial charge in [-0.1, -0.05) is 19.9 Å². The number of halogens is 1. The van der Waals surface area contributed by atoms with E-state index in [0.717, 1.165) is 24.8 Å². The van der Waals surface area contributed by atoms with E-state index in [1.165, 1.54) is 12.1 Å². The summed E-state index contributed by atoms with van der Waals surface area (Å²) in [5.74, 6) is 0.838. The van der Waals surface area contributed by atoms with Gasteiger partial charge in [0.05, 0.1) is 11.7 Å². The summed E-state index contributed by atoms with van der Waals surface area (Å²) >= 11 is 0. The van der Waals surface area contributed by atoms with Gasteiger partial charge >= 0.3 is 0 Å². The summed E-state index contributed by atoms with van der Waals surface area (Å²) < 4.78 is 13.7. The lowest BCUT2D eigenvalue weighted by Gasteiger charge is -2.36. The number of piperidine rings is 1. The van der Waals surface area contributed by atoms with Gasteiger partial charge in [-0.05, 0) is 49.6 Å². The molecule has 1 aliphatic rings. The molecule has 7 heteroatoms. The van der Waals surface area contributed by atoms with Gasteiger partial charge in [0, 0.05) is 42.2 Å². The van der Waals surface area contributed by atoms with Crippen molar-refractivity contribution in [3.63, 3.8) is 0 Å². The van der Waals surface area contributed by atoms with Crippen LogP contribution in [0.15, 0.2) is 54.9 Å². The molecular formula is C24H26FN5O. The monoisotopic (exact) mass is 419 g/mol. The zero-order valence-electron chi connectivity index (χ0n) is 17.8. The Labute approximate surface area is 181 Å². The number of nitrogens with one attached hydrogen (secondary N) is 1. The molecule has 1 saturated heterocycles. The lowest BCUT2D eigenvalue weighted by atomic mass is 9.99. The van der Waals surface area contributed by atoms with E-state index in [4.69, 9.17) is 9.97 Å². The summed E-state index contributed by atoms with van der Waals surface area (Å²) in [7, 11) is 0. The molecule has 1 fully saturated rings. The van der Waals surface area contributed by atoms with Gasteiger partial charge in [-0.15, -0.1) is 0 Å². The maximum absolute atomic E-state index is 13.7. The standard InChI is InChI=1S/C24H26FN5O/c1-16(2)24(31)30-12-4-3-10-21(30)23-28-20(17-7-6-11-26-15-17)14-22(29-23)27-19-9-5-8-18(25)13-19/h5-9,11,13-16,21H,3-4,10,12H2,1-2H3,(H,27,28,29)/t21-/m0/s1. The number of aromatic nitrogens is 3. The molecule has 6 nitrogen and oxygen atoms in total. The van der Waals surface area contributed by atoms with Crippen molar-refractivity contribution >= 4 is 17.4 Å². The van der Waals surface area contributed by atoms with Gasteiger partial charge in [-0.25, -0.2) is 14.4 Å². The number of nitrogens with zero attached hydrogens (tertiary/aromatic N) is 4. The van der Waals surface area contributed by atoms with E-state index in [9.17, 15) is 9.18 Å². The Bertz CT molecular complexity index is 1060. The molecule has 3 heterocycles. The molecule has 1 aromatic carbocycles. The highest BCUT2D eigenvalue weighted by molar-refractivity contribution is 5.78. The number of carbonyl (C=O) groups is 1. The molecule has 1 aliphatic heterocycles. The van der Waals surface area contributed by atoms with Gasteiger partial charge < -0.3 is 10.2 Å². The third-order valence-electron chi connectivity index (χ3n) is 5.38. The molecule has 0 unspecified atom stereocenters. The van der Waals surface area contributed by atoms with E-state index in [1.807, 2.05) is 36.9 Å². The lowest BCUT2D eigenvalue weighted by molar-refractivity contribution is -0.138. The molecular weight excluding hydrogens is 393 g/mol. The van der Waals surface area contributed by atoms with E-state index in [1.54, 1.807) is 24.5 Å². The van der Waals surface area contributed by atoms with E-state index < -0.39 is 0 Å². The first-order valence-electron chi connectivity index (χ1n) is 10.6. The Morgan fingerprint density at radius 3 is 2.77 bits per heavy atom. The van der Waals surface area contributed by atoms with Crippen molar-refractivity contribution in [3.8, 4) is 11.3 Å². The molecule has 4 rings (SSSR count). The van der Waals surface area contributed by atoms with Crippen molar-refractivity contribution in [1.82, 2.24) is 19.9 Å². The van der Waals surface area contributed by atoms with Gasteiger partial charge in [-0.3, -0.25) is 9.78 Å². The van der Waals surface area contributed by atoms with Crippen LogP contribution < -0.4 is 5.32 Å². The molecule has 0 radical (unpaired) electrons. The van der Waals surface area contributed by atoms with Crippen molar-refractivity contribution in [2.45, 2.75) is 39.2 Å². The topological polar surface area (TPSA) is 71.0 Å². The maximum Gasteiger partial charge on any atom is 0.225 e. The zero-order valence-corrected chi connectivity index (χ0v) is 17.8. The Morgan fingerprint density at radius 1 is 1.16 bits per heavy atom. The highest BCUT2D eigenvalue weighted by Gasteiger charge is 2.31. The van der Waals surface area contributed by atoms with Gasteiger partial charge in [0.25, 0.3) is 0 Å². The molecule has 1 N–H and O–H groups in total. The molecule has 1 atom stereocenters. The Morgan fingerprint density at radius 2 is 2.03 bits per heavy atom. The van der Waals surface area contributed by atoms with Crippen molar-refractivity contribution < 1.29 is 9.18 Å². The number of hydrogen-bond acceptors (Lipinski definition) is 5. The molecule has 0 bridgehead atoms. The first-order valence-corrected chi connectivity index (χ1v) is 10.6. The normalized spacial score (nSPS) is 16.4. The summed E-state index contributed by atoms with van der Waals surface area (Å²) in [6.45, 7) is 4.53. The maximum atomic E-state index is 13.7. The summed E-state index contributed by atoms with van der Waals surface area (Å²) in [6.07, 6.45) is 6.26. The Hall–Kier alpha value is -3.35. The van der Waals surface area contributed by atoms with Crippen molar-refractivity contribution in [2.75, 3.05) is 11.9 Å². The average molecular weight is 420 g/mol. The largest absolute Gasteiger partial charge is 0.340 e. The van der Waals surface area contributed by atoms with E-state index in [0.29, 0.717) is 29.6 Å². The van der Waals surface area contributed by atoms with Crippen LogP contribution in [0.25, 0.3) is 11.3 Å². The number of likely N-dealkylation sites (tertiary alicyclic amines) is 1. The fourth-order valence-corrected chi connectivity index (χ4v) is 3.85. The number of anilines is 2. The fourth-order valence-electron chi connectivity index (χ4n) is 3.85. The quantitative estimate of drug-likeness (QED) is 0.621. The van der Waals surface area contributed by atoms with Crippen molar-refractivity contribution in [1.29, 1.82) is 0 Å². The van der Waals surface area contributed by atoms with Crippen LogP contribution in [-0.4, -0.2) is 32.3 Å². The van der Waals surface area contributed by atoms with Crippen LogP contribution in [0.3, 0.4) is 0 Å². The third kappa shape index (κ3) is 4.87. The second-order valence-corrected chi connectivity index (χ2v) is 8.07. The number of pyridine rings is 1. The molecule has 2 aromatic heterocycles. The van der Waals surface area contributed by atoms with Crippen molar-refractivity contribution in [2.24, 2.45) is 5.92 Å². The van der Waals surface area contributed by atoms with Crippen LogP contribution in [0.2, 0.25) is 0 Å². The molecule has 160 valence electrons. The van der Waals surface area contributed by atoms with Crippen LogP contribution >= 0.6 is 0 Å². The van der Waals surface area contributed by atoms with E-state index in [2.05, 4.69) is 10.3 Å². The lowest BCUT2D eigenvalue weighted by Crippen LogP contribution is -2.41. The number of benzene rings is 1. The summed E-state index contributed by atoms with van der Waals surface area (Å²) in [6, 6.07) is 11.7. The smallest absolute Gasteiger partial charge is 0.225 e. The number of carbonyl (C=O) groups excluding carboxylic acids is 1. The van der Waals surface area contributed by atoms with Crippen LogP contribution in [0, 0.1) is 11.7 Å². The van der Waals surface area contributed by atoms with Gasteiger partial charge in [0.15, 0.2) is 5.82 Å². The Kier molecular flexibility index (Phi) is 6.21. The first kappa shape index (κ1) is 20.9. The van der Waals surface area contributed by atoms with Crippen LogP contribution in [0.1, 0.15) is 45.0 Å². The molecule has 1 amide bonds. The van der Waals surface area contributed by atoms with Crippen LogP contribution in [0.5, 0.6) is 0 Å². The predicted molar refractivity (Wildman–Crippen MR) is 118 cm³/mol. The highest BCUT2D eigenvalue weighted by Crippen LogP contribution is 2.32. The minimum absolute atomic E-state index is 0.0907. The molecule has 0 aliphatic carbocycles. The molecule has 0 saturated carbocycles. The third-order valence-corrected chi connectivity index (χ3v) is 5.38. The second-order valence-electron chi connectivity index (χ2n) is 8.07. The average Bonchev–Trinajstić information content (AvgIpc) is 2.79. The zero-order chi connectivity index (χ0) is 21.8. The predicted octanol–water partition coefficient (Wildman–Crippen LogP) is 5.13. The summed E-state index contributed by atoms with van der Waals surface area (Å²) in [5.41, 5.74) is 2.16. The Balaban J connectivity index is 1.76. The SMILES string of the molecule is CC(C)C(=O)N1CCCC[C@H]1c1nc(Nc2cccc(F)c2)cc(-c2cccnc2)n1. The van der Waals surface area contributed by atoms with Crippen molar-refractivity contribution in [3.05, 3.63) is 66.5 Å². The number of hydrogen-bond donors (Lipinski definition) is 1. The highest BCUT2D eigenvalue weighted by atomic mass is 19.1. The van der Waals surface area contributed by atoms with Gasteiger partial charge in [-0.2, -0.15) is 0 Å². The molecule has 3 aromatic rings. The molecule has 31 heavy (non-hydrogen) atoms. The minimum Gasteiger partial charge on any atom is -0.340 e. The van der Waals surface area contributed by atoms with Gasteiger partial charge in [0.2, 0.25) is 5.91 Å².